The average molecular weight is 395 g/mol. The van der Waals surface area contributed by atoms with Gasteiger partial charge in [0.25, 0.3) is 0 Å². The molecule has 2 N–H and O–H groups in total. The molecule has 0 amide bonds. The molecule has 1 saturated heterocycles. The Kier molecular flexibility index (Phi) is 6.26. The molecule has 0 saturated carbocycles. The van der Waals surface area contributed by atoms with Gasteiger partial charge in [0.15, 0.2) is 5.96 Å². The minimum absolute atomic E-state index is 0.0128. The van der Waals surface area contributed by atoms with Crippen LogP contribution in [0.3, 0.4) is 0 Å². The third kappa shape index (κ3) is 4.82. The molecule has 6 nitrogen and oxygen atoms in total. The van der Waals surface area contributed by atoms with E-state index in [0.717, 1.165) is 23.6 Å². The molecular weight excluding hydrogens is 360 g/mol. The van der Waals surface area contributed by atoms with Crippen molar-refractivity contribution in [1.29, 1.82) is 0 Å². The summed E-state index contributed by atoms with van der Waals surface area (Å²) in [4.78, 5) is 6.70. The molecule has 0 spiro atoms. The summed E-state index contributed by atoms with van der Waals surface area (Å²) in [6.07, 6.45) is 0. The number of aliphatic imine (C=N–C) groups is 1. The van der Waals surface area contributed by atoms with Gasteiger partial charge < -0.3 is 10.2 Å². The minimum atomic E-state index is -3.36. The monoisotopic (exact) mass is 394 g/mol. The van der Waals surface area contributed by atoms with Gasteiger partial charge in [-0.2, -0.15) is 0 Å². The first-order valence-corrected chi connectivity index (χ1v) is 11.1. The fraction of sp³-hybridized carbons (Fsp3) is 0.650. The number of nitrogens with zero attached hydrogens (tertiary/aromatic N) is 2. The summed E-state index contributed by atoms with van der Waals surface area (Å²) >= 11 is 0. The van der Waals surface area contributed by atoms with Crippen LogP contribution >= 0.6 is 0 Å². The molecule has 0 aromatic heterocycles. The van der Waals surface area contributed by atoms with Crippen LogP contribution < -0.4 is 10.0 Å². The first-order chi connectivity index (χ1) is 12.4. The van der Waals surface area contributed by atoms with Gasteiger partial charge in [-0.3, -0.25) is 4.99 Å². The maximum atomic E-state index is 12.3. The molecule has 0 unspecified atom stereocenters. The zero-order valence-corrected chi connectivity index (χ0v) is 18.4. The zero-order valence-electron chi connectivity index (χ0n) is 17.6. The van der Waals surface area contributed by atoms with Gasteiger partial charge in [0.05, 0.1) is 5.75 Å². The lowest BCUT2D eigenvalue weighted by molar-refractivity contribution is -0.0667. The van der Waals surface area contributed by atoms with Crippen molar-refractivity contribution in [3.63, 3.8) is 0 Å². The molecule has 1 fully saturated rings. The number of hydrogen-bond donors (Lipinski definition) is 2. The number of hydrogen-bond acceptors (Lipinski definition) is 3. The first-order valence-electron chi connectivity index (χ1n) is 9.45. The van der Waals surface area contributed by atoms with Gasteiger partial charge >= 0.3 is 0 Å². The first kappa shape index (κ1) is 21.7. The van der Waals surface area contributed by atoms with E-state index in [2.05, 4.69) is 47.6 Å². The van der Waals surface area contributed by atoms with E-state index < -0.39 is 10.0 Å². The van der Waals surface area contributed by atoms with E-state index >= 15 is 0 Å². The highest BCUT2D eigenvalue weighted by Gasteiger charge is 2.53. The second-order valence-corrected chi connectivity index (χ2v) is 10.5. The minimum Gasteiger partial charge on any atom is -0.352 e. The maximum absolute atomic E-state index is 12.3. The molecule has 0 atom stereocenters. The van der Waals surface area contributed by atoms with Crippen molar-refractivity contribution in [1.82, 2.24) is 14.9 Å². The number of nitrogens with one attached hydrogen (secondary N) is 2. The predicted octanol–water partition coefficient (Wildman–Crippen LogP) is 2.71. The number of likely N-dealkylation sites (tertiary alicyclic amines) is 1. The number of sulfonamides is 1. The SMILES string of the molecule is CN=C(NCc1ccccc1CS(=O)(=O)NC(C)C)N1CC(C)(C)C1(C)C. The molecule has 2 rings (SSSR count). The van der Waals surface area contributed by atoms with E-state index in [1.54, 1.807) is 7.05 Å². The van der Waals surface area contributed by atoms with Gasteiger partial charge in [0.2, 0.25) is 10.0 Å². The van der Waals surface area contributed by atoms with Crippen LogP contribution in [0, 0.1) is 5.41 Å². The smallest absolute Gasteiger partial charge is 0.216 e. The van der Waals surface area contributed by atoms with E-state index in [1.807, 2.05) is 38.1 Å². The molecule has 1 aromatic carbocycles. The van der Waals surface area contributed by atoms with Crippen molar-refractivity contribution in [2.75, 3.05) is 13.6 Å². The summed E-state index contributed by atoms with van der Waals surface area (Å²) in [5.74, 6) is 0.821. The highest BCUT2D eigenvalue weighted by Crippen LogP contribution is 2.46. The van der Waals surface area contributed by atoms with Gasteiger partial charge in [0, 0.05) is 37.1 Å². The summed E-state index contributed by atoms with van der Waals surface area (Å²) in [6, 6.07) is 7.53. The predicted molar refractivity (Wildman–Crippen MR) is 112 cm³/mol. The highest BCUT2D eigenvalue weighted by atomic mass is 32.2. The Labute approximate surface area is 164 Å². The van der Waals surface area contributed by atoms with Crippen LogP contribution in [0.25, 0.3) is 0 Å². The van der Waals surface area contributed by atoms with Crippen LogP contribution in [0.4, 0.5) is 0 Å². The summed E-state index contributed by atoms with van der Waals surface area (Å²) in [7, 11) is -1.58. The molecule has 0 bridgehead atoms. The van der Waals surface area contributed by atoms with E-state index in [4.69, 9.17) is 0 Å². The Morgan fingerprint density at radius 2 is 1.78 bits per heavy atom. The molecular formula is C20H34N4O2S. The molecule has 1 aromatic rings. The van der Waals surface area contributed by atoms with Gasteiger partial charge in [-0.1, -0.05) is 38.1 Å². The normalized spacial score (nSPS) is 19.1. The zero-order chi connectivity index (χ0) is 20.5. The van der Waals surface area contributed by atoms with Gasteiger partial charge in [-0.25, -0.2) is 13.1 Å². The van der Waals surface area contributed by atoms with E-state index in [0.29, 0.717) is 6.54 Å². The van der Waals surface area contributed by atoms with Crippen molar-refractivity contribution in [3.8, 4) is 0 Å². The van der Waals surface area contributed by atoms with Crippen molar-refractivity contribution >= 4 is 16.0 Å². The molecule has 0 radical (unpaired) electrons. The lowest BCUT2D eigenvalue weighted by Gasteiger charge is -2.62. The maximum Gasteiger partial charge on any atom is 0.216 e. The fourth-order valence-electron chi connectivity index (χ4n) is 3.35. The largest absolute Gasteiger partial charge is 0.352 e. The van der Waals surface area contributed by atoms with Crippen molar-refractivity contribution in [2.45, 2.75) is 65.4 Å². The highest BCUT2D eigenvalue weighted by molar-refractivity contribution is 7.88. The Morgan fingerprint density at radius 1 is 1.19 bits per heavy atom. The third-order valence-electron chi connectivity index (χ3n) is 5.67. The second kappa shape index (κ2) is 7.80. The molecule has 27 heavy (non-hydrogen) atoms. The van der Waals surface area contributed by atoms with E-state index in [-0.39, 0.29) is 22.7 Å². The molecule has 1 aliphatic rings. The Hall–Kier alpha value is -1.60. The topological polar surface area (TPSA) is 73.8 Å². The van der Waals surface area contributed by atoms with E-state index in [1.165, 1.54) is 0 Å². The van der Waals surface area contributed by atoms with Crippen LogP contribution in [-0.2, 0) is 22.3 Å². The summed E-state index contributed by atoms with van der Waals surface area (Å²) in [6.45, 7) is 14.1. The Morgan fingerprint density at radius 3 is 2.26 bits per heavy atom. The summed E-state index contributed by atoms with van der Waals surface area (Å²) in [5.41, 5.74) is 2.00. The quantitative estimate of drug-likeness (QED) is 0.575. The summed E-state index contributed by atoms with van der Waals surface area (Å²) in [5, 5.41) is 3.41. The van der Waals surface area contributed by atoms with E-state index in [9.17, 15) is 8.42 Å². The lowest BCUT2D eigenvalue weighted by atomic mass is 9.65. The Balaban J connectivity index is 2.10. The standard InChI is InChI=1S/C20H34N4O2S/c1-15(2)23-27(25,26)13-17-11-9-8-10-16(17)12-22-18(21-7)24-14-19(3,4)20(24,5)6/h8-11,15,23H,12-14H2,1-7H3,(H,21,22). The van der Waals surface area contributed by atoms with Crippen LogP contribution in [0.15, 0.2) is 29.3 Å². The molecule has 7 heteroatoms. The number of rotatable bonds is 6. The third-order valence-corrected chi connectivity index (χ3v) is 7.19. The molecule has 0 aliphatic carbocycles. The fourth-order valence-corrected chi connectivity index (χ4v) is 4.84. The number of benzene rings is 1. The molecule has 1 aliphatic heterocycles. The van der Waals surface area contributed by atoms with Crippen molar-refractivity contribution < 1.29 is 8.42 Å². The summed E-state index contributed by atoms with van der Waals surface area (Å²) < 4.78 is 27.3. The van der Waals surface area contributed by atoms with Crippen molar-refractivity contribution in [3.05, 3.63) is 35.4 Å². The molecule has 152 valence electrons. The second-order valence-electron chi connectivity index (χ2n) is 8.73. The van der Waals surface area contributed by atoms with Crippen LogP contribution in [0.5, 0.6) is 0 Å². The molecule has 1 heterocycles. The van der Waals surface area contributed by atoms with Gasteiger partial charge in [-0.15, -0.1) is 0 Å². The van der Waals surface area contributed by atoms with Crippen LogP contribution in [0.2, 0.25) is 0 Å². The van der Waals surface area contributed by atoms with Crippen molar-refractivity contribution in [2.24, 2.45) is 10.4 Å². The Bertz CT molecular complexity index is 798. The average Bonchev–Trinajstić information content (AvgIpc) is 2.54. The van der Waals surface area contributed by atoms with Gasteiger partial charge in [-0.05, 0) is 38.8 Å². The lowest BCUT2D eigenvalue weighted by Crippen LogP contribution is -2.72. The number of guanidine groups is 1. The van der Waals surface area contributed by atoms with Gasteiger partial charge in [0.1, 0.15) is 0 Å². The van der Waals surface area contributed by atoms with Crippen LogP contribution in [0.1, 0.15) is 52.7 Å². The van der Waals surface area contributed by atoms with Crippen LogP contribution in [-0.4, -0.2) is 44.5 Å².